The van der Waals surface area contributed by atoms with Crippen molar-refractivity contribution in [2.24, 2.45) is 7.05 Å². The monoisotopic (exact) mass is 515 g/mol. The first-order valence-corrected chi connectivity index (χ1v) is 12.2. The van der Waals surface area contributed by atoms with Crippen molar-refractivity contribution in [2.75, 3.05) is 16.4 Å². The number of aromatic nitrogens is 3. The van der Waals surface area contributed by atoms with Crippen LogP contribution in [-0.2, 0) is 27.8 Å². The second-order valence-corrected chi connectivity index (χ2v) is 9.38. The van der Waals surface area contributed by atoms with Crippen LogP contribution in [0.15, 0.2) is 47.6 Å². The van der Waals surface area contributed by atoms with E-state index < -0.39 is 5.97 Å². The topological polar surface area (TPSA) is 115 Å². The first kappa shape index (κ1) is 26.2. The Hall–Kier alpha value is -3.37. The largest absolute Gasteiger partial charge is 0.459 e. The molecule has 0 fully saturated rings. The Balaban J connectivity index is 1.55. The zero-order valence-corrected chi connectivity index (χ0v) is 21.4. The van der Waals surface area contributed by atoms with Gasteiger partial charge in [0.1, 0.15) is 5.82 Å². The second kappa shape index (κ2) is 11.9. The van der Waals surface area contributed by atoms with E-state index in [9.17, 15) is 14.4 Å². The van der Waals surface area contributed by atoms with Gasteiger partial charge in [-0.05, 0) is 51.1 Å². The number of anilines is 2. The van der Waals surface area contributed by atoms with Gasteiger partial charge in [0.25, 0.3) is 0 Å². The fourth-order valence-electron chi connectivity index (χ4n) is 2.96. The van der Waals surface area contributed by atoms with Crippen molar-refractivity contribution < 1.29 is 19.1 Å². The number of esters is 1. The molecule has 0 saturated heterocycles. The number of nitrogens with zero attached hydrogens (tertiary/aromatic N) is 3. The maximum Gasteiger partial charge on any atom is 0.338 e. The molecule has 9 nitrogen and oxygen atoms in total. The van der Waals surface area contributed by atoms with Gasteiger partial charge >= 0.3 is 5.97 Å². The Bertz CT molecular complexity index is 1230. The molecule has 0 atom stereocenters. The van der Waals surface area contributed by atoms with E-state index in [2.05, 4.69) is 20.8 Å². The minimum atomic E-state index is -0.500. The molecular weight excluding hydrogens is 490 g/mol. The van der Waals surface area contributed by atoms with E-state index in [0.29, 0.717) is 27.4 Å². The van der Waals surface area contributed by atoms with Crippen LogP contribution in [0.2, 0.25) is 5.02 Å². The number of thioether (sulfide) groups is 1. The lowest BCUT2D eigenvalue weighted by atomic mass is 10.2. The maximum atomic E-state index is 12.5. The average Bonchev–Trinajstić information content (AvgIpc) is 3.14. The summed E-state index contributed by atoms with van der Waals surface area (Å²) in [6, 6.07) is 12.0. The molecule has 35 heavy (non-hydrogen) atoms. The van der Waals surface area contributed by atoms with Gasteiger partial charge in [0.2, 0.25) is 11.8 Å². The smallest absolute Gasteiger partial charge is 0.338 e. The van der Waals surface area contributed by atoms with Gasteiger partial charge in [-0.1, -0.05) is 41.1 Å². The zero-order chi connectivity index (χ0) is 25.5. The number of benzene rings is 2. The van der Waals surface area contributed by atoms with Crippen molar-refractivity contribution in [3.8, 4) is 0 Å². The summed E-state index contributed by atoms with van der Waals surface area (Å²) in [6.07, 6.45) is -0.225. The third-order valence-electron chi connectivity index (χ3n) is 4.73. The van der Waals surface area contributed by atoms with Gasteiger partial charge < -0.3 is 19.9 Å². The van der Waals surface area contributed by atoms with Crippen LogP contribution in [0.1, 0.15) is 35.6 Å². The molecule has 0 bridgehead atoms. The standard InChI is InChI=1S/C24H26ClN5O4S/c1-14(2)34-23(33)16-7-10-18(25)19(11-16)27-22(32)13-35-24-29-28-20(30(24)4)12-21(31)26-17-8-5-15(3)6-9-17/h5-11,14H,12-13H2,1-4H3,(H,26,31)(H,27,32). The normalized spacial score (nSPS) is 10.8. The van der Waals surface area contributed by atoms with Crippen LogP contribution < -0.4 is 10.6 Å². The number of rotatable bonds is 9. The summed E-state index contributed by atoms with van der Waals surface area (Å²) < 4.78 is 6.85. The van der Waals surface area contributed by atoms with Gasteiger partial charge in [-0.2, -0.15) is 0 Å². The fraction of sp³-hybridized carbons (Fsp3) is 0.292. The predicted molar refractivity (Wildman–Crippen MR) is 136 cm³/mol. The van der Waals surface area contributed by atoms with Gasteiger partial charge in [0, 0.05) is 12.7 Å². The molecule has 0 aliphatic carbocycles. The van der Waals surface area contributed by atoms with Crippen LogP contribution in [-0.4, -0.2) is 44.4 Å². The molecule has 2 amide bonds. The fourth-order valence-corrected chi connectivity index (χ4v) is 3.85. The van der Waals surface area contributed by atoms with Crippen LogP contribution in [0.4, 0.5) is 11.4 Å². The van der Waals surface area contributed by atoms with Gasteiger partial charge in [0.05, 0.1) is 34.6 Å². The zero-order valence-electron chi connectivity index (χ0n) is 19.8. The van der Waals surface area contributed by atoms with Gasteiger partial charge in [-0.3, -0.25) is 9.59 Å². The third kappa shape index (κ3) is 7.56. The van der Waals surface area contributed by atoms with E-state index in [-0.39, 0.29) is 35.7 Å². The predicted octanol–water partition coefficient (Wildman–Crippen LogP) is 4.25. The van der Waals surface area contributed by atoms with E-state index >= 15 is 0 Å². The number of hydrogen-bond acceptors (Lipinski definition) is 7. The highest BCUT2D eigenvalue weighted by Crippen LogP contribution is 2.25. The number of nitrogens with one attached hydrogen (secondary N) is 2. The second-order valence-electron chi connectivity index (χ2n) is 8.03. The molecule has 0 unspecified atom stereocenters. The molecule has 3 rings (SSSR count). The Morgan fingerprint density at radius 2 is 1.77 bits per heavy atom. The number of carbonyl (C=O) groups is 3. The van der Waals surface area contributed by atoms with Crippen LogP contribution in [0.5, 0.6) is 0 Å². The Kier molecular flexibility index (Phi) is 8.89. The number of halogens is 1. The van der Waals surface area contributed by atoms with Gasteiger partial charge in [-0.15, -0.1) is 10.2 Å². The third-order valence-corrected chi connectivity index (χ3v) is 6.08. The van der Waals surface area contributed by atoms with Crippen molar-refractivity contribution in [1.82, 2.24) is 14.8 Å². The summed E-state index contributed by atoms with van der Waals surface area (Å²) in [7, 11) is 1.73. The van der Waals surface area contributed by atoms with Crippen LogP contribution in [0.25, 0.3) is 0 Å². The van der Waals surface area contributed by atoms with E-state index in [1.54, 1.807) is 25.5 Å². The summed E-state index contributed by atoms with van der Waals surface area (Å²) in [5.74, 6) is -0.563. The lowest BCUT2D eigenvalue weighted by molar-refractivity contribution is -0.116. The Morgan fingerprint density at radius 1 is 1.06 bits per heavy atom. The minimum absolute atomic E-state index is 0.0263. The Morgan fingerprint density at radius 3 is 2.46 bits per heavy atom. The molecule has 1 aromatic heterocycles. The molecule has 11 heteroatoms. The van der Waals surface area contributed by atoms with Crippen molar-refractivity contribution in [3.05, 3.63) is 64.4 Å². The van der Waals surface area contributed by atoms with Gasteiger partial charge in [-0.25, -0.2) is 4.79 Å². The van der Waals surface area contributed by atoms with E-state index in [4.69, 9.17) is 16.3 Å². The number of aryl methyl sites for hydroxylation is 1. The molecule has 2 aromatic carbocycles. The quantitative estimate of drug-likeness (QED) is 0.323. The first-order valence-electron chi connectivity index (χ1n) is 10.8. The summed E-state index contributed by atoms with van der Waals surface area (Å²) in [5, 5.41) is 14.4. The molecule has 184 valence electrons. The number of hydrogen-bond donors (Lipinski definition) is 2. The highest BCUT2D eigenvalue weighted by atomic mass is 35.5. The molecule has 0 spiro atoms. The van der Waals surface area contributed by atoms with Crippen LogP contribution >= 0.6 is 23.4 Å². The van der Waals surface area contributed by atoms with E-state index in [1.807, 2.05) is 31.2 Å². The number of amides is 2. The Labute approximate surface area is 212 Å². The van der Waals surface area contributed by atoms with Crippen molar-refractivity contribution in [2.45, 2.75) is 38.5 Å². The summed E-state index contributed by atoms with van der Waals surface area (Å²) in [5.41, 5.74) is 2.40. The molecule has 2 N–H and O–H groups in total. The molecule has 1 heterocycles. The van der Waals surface area contributed by atoms with E-state index in [0.717, 1.165) is 17.3 Å². The molecular formula is C24H26ClN5O4S. The maximum absolute atomic E-state index is 12.5. The van der Waals surface area contributed by atoms with Crippen molar-refractivity contribution in [1.29, 1.82) is 0 Å². The lowest BCUT2D eigenvalue weighted by Gasteiger charge is -2.11. The molecule has 0 saturated carbocycles. The van der Waals surface area contributed by atoms with Crippen molar-refractivity contribution in [3.63, 3.8) is 0 Å². The summed E-state index contributed by atoms with van der Waals surface area (Å²) in [6.45, 7) is 5.48. The van der Waals surface area contributed by atoms with Crippen LogP contribution in [0.3, 0.4) is 0 Å². The molecule has 0 aliphatic rings. The first-order chi connectivity index (χ1) is 16.6. The molecule has 3 aromatic rings. The van der Waals surface area contributed by atoms with E-state index in [1.165, 1.54) is 18.2 Å². The highest BCUT2D eigenvalue weighted by Gasteiger charge is 2.16. The summed E-state index contributed by atoms with van der Waals surface area (Å²) >= 11 is 7.34. The van der Waals surface area contributed by atoms with Crippen LogP contribution in [0, 0.1) is 6.92 Å². The summed E-state index contributed by atoms with van der Waals surface area (Å²) in [4.78, 5) is 37.0. The highest BCUT2D eigenvalue weighted by molar-refractivity contribution is 7.99. The van der Waals surface area contributed by atoms with Crippen molar-refractivity contribution >= 4 is 52.5 Å². The number of ether oxygens (including phenoxy) is 1. The van der Waals surface area contributed by atoms with Gasteiger partial charge in [0.15, 0.2) is 5.16 Å². The minimum Gasteiger partial charge on any atom is -0.459 e. The average molecular weight is 516 g/mol. The number of carbonyl (C=O) groups excluding carboxylic acids is 3. The molecule has 0 aliphatic heterocycles. The SMILES string of the molecule is Cc1ccc(NC(=O)Cc2nnc(SCC(=O)Nc3cc(C(=O)OC(C)C)ccc3Cl)n2C)cc1. The lowest BCUT2D eigenvalue weighted by Crippen LogP contribution is -2.17. The molecule has 0 radical (unpaired) electrons.